The van der Waals surface area contributed by atoms with Crippen LogP contribution < -0.4 is 0 Å². The lowest BCUT2D eigenvalue weighted by Crippen LogP contribution is -2.61. The Balaban J connectivity index is 1.26. The third kappa shape index (κ3) is 4.10. The predicted molar refractivity (Wildman–Crippen MR) is 145 cm³/mol. The van der Waals surface area contributed by atoms with E-state index in [0.29, 0.717) is 11.5 Å². The van der Waals surface area contributed by atoms with Crippen LogP contribution in [0.4, 0.5) is 0 Å². The molecule has 2 aliphatic heterocycles. The fourth-order valence-electron chi connectivity index (χ4n) is 11.4. The summed E-state index contributed by atoms with van der Waals surface area (Å²) in [7, 11) is 2.61. The minimum absolute atomic E-state index is 0.0599. The molecule has 0 radical (unpaired) electrons. The smallest absolute Gasteiger partial charge is 0.302 e. The second-order valence-corrected chi connectivity index (χ2v) is 15.1. The quantitative estimate of drug-likeness (QED) is 0.331. The Kier molecular flexibility index (Phi) is 6.80. The van der Waals surface area contributed by atoms with Gasteiger partial charge in [-0.1, -0.05) is 20.3 Å². The van der Waals surface area contributed by atoms with Gasteiger partial charge in [0.1, 0.15) is 6.10 Å². The number of esters is 1. The highest BCUT2D eigenvalue weighted by Gasteiger charge is 2.64. The number of rotatable bonds is 3. The Hall–Kier alpha value is -0.610. The van der Waals surface area contributed by atoms with Crippen LogP contribution in [-0.2, 0) is 9.53 Å². The van der Waals surface area contributed by atoms with E-state index in [-0.39, 0.29) is 17.5 Å². The molecular formula is C32H55N2O2+. The van der Waals surface area contributed by atoms with Gasteiger partial charge in [0.2, 0.25) is 0 Å². The highest BCUT2D eigenvalue weighted by Crippen LogP contribution is 2.67. The van der Waals surface area contributed by atoms with Crippen LogP contribution in [0.15, 0.2) is 0 Å². The van der Waals surface area contributed by atoms with Gasteiger partial charge in [-0.3, -0.25) is 9.69 Å². The molecule has 4 saturated carbocycles. The molecule has 0 aromatic heterocycles. The first kappa shape index (κ1) is 25.7. The number of piperidine rings is 2. The van der Waals surface area contributed by atoms with Crippen molar-refractivity contribution < 1.29 is 14.0 Å². The van der Waals surface area contributed by atoms with E-state index in [2.05, 4.69) is 25.8 Å². The molecule has 0 aromatic rings. The normalized spacial score (nSPS) is 48.9. The van der Waals surface area contributed by atoms with E-state index >= 15 is 0 Å². The summed E-state index contributed by atoms with van der Waals surface area (Å²) in [6.07, 6.45) is 19.6. The molecule has 204 valence electrons. The molecule has 0 bridgehead atoms. The molecule has 0 aromatic carbocycles. The van der Waals surface area contributed by atoms with E-state index < -0.39 is 0 Å². The molecule has 6 rings (SSSR count). The zero-order valence-corrected chi connectivity index (χ0v) is 24.0. The maximum Gasteiger partial charge on any atom is 0.302 e. The lowest BCUT2D eigenvalue weighted by Gasteiger charge is -2.62. The van der Waals surface area contributed by atoms with Crippen LogP contribution in [0.3, 0.4) is 0 Å². The largest absolute Gasteiger partial charge is 0.460 e. The standard InChI is InChI=1S/C32H55N2O2/c1-23(35)36-30-29(33-17-7-5-8-18-33)21-28-26-14-12-24-11-13-25(34(4)19-9-6-10-20-34)22-32(24,3)27(26)15-16-31(28,30)2/h24-30H,5-22H2,1-4H3/q+1/t24?,25-,26?,27?,28?,29+,30+,31+,32+/m1/s1. The highest BCUT2D eigenvalue weighted by atomic mass is 16.5. The average Bonchev–Trinajstić information content (AvgIpc) is 3.16. The fourth-order valence-corrected chi connectivity index (χ4v) is 11.4. The summed E-state index contributed by atoms with van der Waals surface area (Å²) in [5, 5.41) is 0. The summed E-state index contributed by atoms with van der Waals surface area (Å²) in [6.45, 7) is 12.2. The second kappa shape index (κ2) is 9.54. The number of carbonyl (C=O) groups excluding carboxylic acids is 1. The zero-order valence-electron chi connectivity index (χ0n) is 24.0. The highest BCUT2D eigenvalue weighted by molar-refractivity contribution is 5.66. The van der Waals surface area contributed by atoms with E-state index in [9.17, 15) is 4.79 Å². The third-order valence-electron chi connectivity index (χ3n) is 13.4. The molecule has 6 fully saturated rings. The van der Waals surface area contributed by atoms with Gasteiger partial charge in [-0.2, -0.15) is 0 Å². The van der Waals surface area contributed by atoms with Crippen molar-refractivity contribution in [2.24, 2.45) is 34.5 Å². The number of nitrogens with zero attached hydrogens (tertiary/aromatic N) is 2. The number of fused-ring (bicyclic) bond motifs is 5. The van der Waals surface area contributed by atoms with Crippen LogP contribution in [0.1, 0.15) is 111 Å². The molecule has 0 spiro atoms. The molecule has 0 N–H and O–H groups in total. The van der Waals surface area contributed by atoms with Crippen molar-refractivity contribution >= 4 is 5.97 Å². The lowest BCUT2D eigenvalue weighted by atomic mass is 9.44. The minimum Gasteiger partial charge on any atom is -0.460 e. The van der Waals surface area contributed by atoms with Crippen LogP contribution in [-0.4, -0.2) is 66.8 Å². The van der Waals surface area contributed by atoms with Crippen LogP contribution in [0.2, 0.25) is 0 Å². The molecule has 0 amide bonds. The van der Waals surface area contributed by atoms with Gasteiger partial charge in [-0.05, 0) is 119 Å². The Morgan fingerprint density at radius 2 is 1.56 bits per heavy atom. The summed E-state index contributed by atoms with van der Waals surface area (Å²) in [6, 6.07) is 1.34. The predicted octanol–water partition coefficient (Wildman–Crippen LogP) is 6.42. The number of likely N-dealkylation sites (tertiary alicyclic amines) is 2. The van der Waals surface area contributed by atoms with E-state index in [4.69, 9.17) is 4.74 Å². The first-order chi connectivity index (χ1) is 17.2. The van der Waals surface area contributed by atoms with Crippen LogP contribution in [0.5, 0.6) is 0 Å². The van der Waals surface area contributed by atoms with Gasteiger partial charge in [0.05, 0.1) is 26.2 Å². The summed E-state index contributed by atoms with van der Waals surface area (Å²) < 4.78 is 7.66. The first-order valence-electron chi connectivity index (χ1n) is 16.0. The number of carbonyl (C=O) groups is 1. The van der Waals surface area contributed by atoms with Gasteiger partial charge >= 0.3 is 5.97 Å². The molecule has 36 heavy (non-hydrogen) atoms. The fraction of sp³-hybridized carbons (Fsp3) is 0.969. The third-order valence-corrected chi connectivity index (χ3v) is 13.4. The van der Waals surface area contributed by atoms with Crippen molar-refractivity contribution in [3.63, 3.8) is 0 Å². The van der Waals surface area contributed by atoms with Crippen molar-refractivity contribution in [2.75, 3.05) is 33.2 Å². The Labute approximate surface area is 221 Å². The molecular weight excluding hydrogens is 444 g/mol. The van der Waals surface area contributed by atoms with Gasteiger partial charge in [0, 0.05) is 24.8 Å². The van der Waals surface area contributed by atoms with Crippen LogP contribution in [0, 0.1) is 34.5 Å². The SMILES string of the molecule is CC(=O)O[C@H]1[C@@H](N2CCCCC2)CC2C3CCC4CC[C@@H]([N+]5(C)CCCCC5)C[C@]4(C)C3CC[C@@]21C. The van der Waals surface area contributed by atoms with E-state index in [1.807, 2.05) is 0 Å². The summed E-state index contributed by atoms with van der Waals surface area (Å²) >= 11 is 0. The first-order valence-corrected chi connectivity index (χ1v) is 16.0. The molecule has 4 unspecified atom stereocenters. The summed E-state index contributed by atoms with van der Waals surface area (Å²) in [5.74, 6) is 3.33. The van der Waals surface area contributed by atoms with Crippen molar-refractivity contribution in [1.82, 2.24) is 4.90 Å². The Morgan fingerprint density at radius 3 is 2.28 bits per heavy atom. The molecule has 2 saturated heterocycles. The molecule has 4 aliphatic carbocycles. The van der Waals surface area contributed by atoms with Crippen molar-refractivity contribution in [2.45, 2.75) is 129 Å². The molecule has 2 heterocycles. The number of hydrogen-bond donors (Lipinski definition) is 0. The van der Waals surface area contributed by atoms with Gasteiger partial charge < -0.3 is 9.22 Å². The molecule has 4 heteroatoms. The Bertz CT molecular complexity index is 817. The molecule has 4 nitrogen and oxygen atoms in total. The topological polar surface area (TPSA) is 29.5 Å². The molecule has 6 aliphatic rings. The number of quaternary nitrogens is 1. The van der Waals surface area contributed by atoms with E-state index in [1.54, 1.807) is 6.92 Å². The molecule has 9 atom stereocenters. The van der Waals surface area contributed by atoms with Crippen molar-refractivity contribution in [3.8, 4) is 0 Å². The minimum atomic E-state index is -0.0599. The number of hydrogen-bond acceptors (Lipinski definition) is 3. The lowest BCUT2D eigenvalue weighted by molar-refractivity contribution is -0.940. The summed E-state index contributed by atoms with van der Waals surface area (Å²) in [5.41, 5.74) is 0.684. The number of ether oxygens (including phenoxy) is 1. The zero-order chi connectivity index (χ0) is 25.1. The second-order valence-electron chi connectivity index (χ2n) is 15.1. The van der Waals surface area contributed by atoms with Gasteiger partial charge in [-0.25, -0.2) is 0 Å². The average molecular weight is 500 g/mol. The van der Waals surface area contributed by atoms with Crippen LogP contribution >= 0.6 is 0 Å². The monoisotopic (exact) mass is 499 g/mol. The van der Waals surface area contributed by atoms with Gasteiger partial charge in [-0.15, -0.1) is 0 Å². The van der Waals surface area contributed by atoms with Gasteiger partial charge in [0.25, 0.3) is 0 Å². The maximum atomic E-state index is 12.3. The van der Waals surface area contributed by atoms with Crippen molar-refractivity contribution in [3.05, 3.63) is 0 Å². The van der Waals surface area contributed by atoms with Crippen LogP contribution in [0.25, 0.3) is 0 Å². The van der Waals surface area contributed by atoms with E-state index in [0.717, 1.165) is 29.7 Å². The summed E-state index contributed by atoms with van der Waals surface area (Å²) in [4.78, 5) is 15.1. The Morgan fingerprint density at radius 1 is 0.861 bits per heavy atom. The van der Waals surface area contributed by atoms with E-state index in [1.165, 1.54) is 121 Å². The van der Waals surface area contributed by atoms with Gasteiger partial charge in [0.15, 0.2) is 0 Å². The van der Waals surface area contributed by atoms with Crippen molar-refractivity contribution in [1.29, 1.82) is 0 Å². The maximum absolute atomic E-state index is 12.3.